The van der Waals surface area contributed by atoms with Gasteiger partial charge in [0.2, 0.25) is 0 Å². The Balaban J connectivity index is 2.06. The van der Waals surface area contributed by atoms with Crippen LogP contribution in [0.1, 0.15) is 24.0 Å². The van der Waals surface area contributed by atoms with Crippen LogP contribution in [0.15, 0.2) is 48.5 Å². The van der Waals surface area contributed by atoms with E-state index in [1.807, 2.05) is 31.2 Å². The average molecular weight is 285 g/mol. The fourth-order valence-electron chi connectivity index (χ4n) is 1.83. The summed E-state index contributed by atoms with van der Waals surface area (Å²) in [5, 5.41) is 10.6. The molecule has 2 aromatic rings. The Morgan fingerprint density at radius 3 is 2.19 bits per heavy atom. The number of nitrogens with zero attached hydrogens (tertiary/aromatic N) is 1. The van der Waals surface area contributed by atoms with Crippen molar-refractivity contribution < 1.29 is 14.5 Å². The molecule has 0 saturated carbocycles. The Morgan fingerprint density at radius 1 is 1.10 bits per heavy atom. The number of rotatable bonds is 4. The van der Waals surface area contributed by atoms with Gasteiger partial charge in [-0.15, -0.1) is 0 Å². The molecule has 0 heterocycles. The minimum Gasteiger partial charge on any atom is -0.426 e. The molecule has 0 aromatic heterocycles. The molecule has 0 aliphatic carbocycles. The van der Waals surface area contributed by atoms with Gasteiger partial charge < -0.3 is 4.74 Å². The van der Waals surface area contributed by atoms with Crippen LogP contribution in [-0.4, -0.2) is 10.9 Å². The molecule has 0 amide bonds. The van der Waals surface area contributed by atoms with E-state index >= 15 is 0 Å². The molecule has 2 aromatic carbocycles. The zero-order chi connectivity index (χ0) is 15.4. The van der Waals surface area contributed by atoms with Gasteiger partial charge in [-0.2, -0.15) is 0 Å². The molecule has 1 unspecified atom stereocenters. The molecule has 0 aliphatic rings. The summed E-state index contributed by atoms with van der Waals surface area (Å²) in [7, 11) is 0. The normalized spacial score (nSPS) is 11.7. The molecule has 0 aliphatic heterocycles. The Hall–Kier alpha value is -2.69. The highest BCUT2D eigenvalue weighted by Gasteiger charge is 2.17. The third-order valence-corrected chi connectivity index (χ3v) is 3.20. The van der Waals surface area contributed by atoms with Gasteiger partial charge in [-0.3, -0.25) is 14.9 Å². The number of hydrogen-bond donors (Lipinski definition) is 0. The quantitative estimate of drug-likeness (QED) is 0.372. The lowest BCUT2D eigenvalue weighted by Crippen LogP contribution is -2.16. The molecule has 5 nitrogen and oxygen atoms in total. The van der Waals surface area contributed by atoms with Crippen molar-refractivity contribution in [3.8, 4) is 5.75 Å². The minimum atomic E-state index is -0.499. The summed E-state index contributed by atoms with van der Waals surface area (Å²) in [6.07, 6.45) is 0. The fourth-order valence-corrected chi connectivity index (χ4v) is 1.83. The molecule has 0 saturated heterocycles. The molecule has 0 radical (unpaired) electrons. The first-order valence-corrected chi connectivity index (χ1v) is 6.50. The van der Waals surface area contributed by atoms with E-state index in [9.17, 15) is 14.9 Å². The van der Waals surface area contributed by atoms with Gasteiger partial charge in [0.05, 0.1) is 10.8 Å². The first-order valence-electron chi connectivity index (χ1n) is 6.50. The highest BCUT2D eigenvalue weighted by atomic mass is 16.6. The molecule has 0 fully saturated rings. The van der Waals surface area contributed by atoms with Gasteiger partial charge in [0, 0.05) is 12.1 Å². The highest BCUT2D eigenvalue weighted by Crippen LogP contribution is 2.21. The number of aryl methyl sites for hydroxylation is 1. The van der Waals surface area contributed by atoms with Crippen LogP contribution in [0, 0.1) is 17.0 Å². The summed E-state index contributed by atoms with van der Waals surface area (Å²) in [4.78, 5) is 22.1. The topological polar surface area (TPSA) is 69.4 Å². The Labute approximate surface area is 122 Å². The Bertz CT molecular complexity index is 647. The molecule has 21 heavy (non-hydrogen) atoms. The SMILES string of the molecule is Cc1ccc(C(C)C(=O)Oc2ccc([N+](=O)[O-])cc2)cc1. The summed E-state index contributed by atoms with van der Waals surface area (Å²) < 4.78 is 5.23. The third-order valence-electron chi connectivity index (χ3n) is 3.20. The van der Waals surface area contributed by atoms with Crippen LogP contribution < -0.4 is 4.74 Å². The van der Waals surface area contributed by atoms with Crippen molar-refractivity contribution in [1.82, 2.24) is 0 Å². The summed E-state index contributed by atoms with van der Waals surface area (Å²) in [6.45, 7) is 3.74. The van der Waals surface area contributed by atoms with Crippen LogP contribution in [0.5, 0.6) is 5.75 Å². The minimum absolute atomic E-state index is 0.0404. The van der Waals surface area contributed by atoms with Gasteiger partial charge >= 0.3 is 5.97 Å². The van der Waals surface area contributed by atoms with Gasteiger partial charge in [0.15, 0.2) is 0 Å². The van der Waals surface area contributed by atoms with E-state index in [-0.39, 0.29) is 5.69 Å². The number of non-ortho nitro benzene ring substituents is 1. The van der Waals surface area contributed by atoms with E-state index in [0.717, 1.165) is 11.1 Å². The Kier molecular flexibility index (Phi) is 4.33. The summed E-state index contributed by atoms with van der Waals surface area (Å²) >= 11 is 0. The lowest BCUT2D eigenvalue weighted by Gasteiger charge is -2.11. The number of carbonyl (C=O) groups excluding carboxylic acids is 1. The smallest absolute Gasteiger partial charge is 0.318 e. The molecule has 0 N–H and O–H groups in total. The molecule has 2 rings (SSSR count). The zero-order valence-electron chi connectivity index (χ0n) is 11.8. The van der Waals surface area contributed by atoms with Crippen molar-refractivity contribution in [2.24, 2.45) is 0 Å². The summed E-state index contributed by atoms with van der Waals surface area (Å²) in [5.74, 6) is -0.502. The monoisotopic (exact) mass is 285 g/mol. The van der Waals surface area contributed by atoms with Crippen LogP contribution in [-0.2, 0) is 4.79 Å². The van der Waals surface area contributed by atoms with Crippen LogP contribution in [0.4, 0.5) is 5.69 Å². The molecular formula is C16H15NO4. The van der Waals surface area contributed by atoms with Crippen LogP contribution >= 0.6 is 0 Å². The standard InChI is InChI=1S/C16H15NO4/c1-11-3-5-13(6-4-11)12(2)16(18)21-15-9-7-14(8-10-15)17(19)20/h3-10,12H,1-2H3. The molecule has 1 atom stereocenters. The maximum Gasteiger partial charge on any atom is 0.318 e. The average Bonchev–Trinajstić information content (AvgIpc) is 2.47. The van der Waals surface area contributed by atoms with Gasteiger partial charge in [0.25, 0.3) is 5.69 Å². The second kappa shape index (κ2) is 6.17. The predicted octanol–water partition coefficient (Wildman–Crippen LogP) is 3.61. The van der Waals surface area contributed by atoms with Gasteiger partial charge in [-0.25, -0.2) is 0 Å². The number of hydrogen-bond acceptors (Lipinski definition) is 4. The number of ether oxygens (including phenoxy) is 1. The lowest BCUT2D eigenvalue weighted by molar-refractivity contribution is -0.384. The fraction of sp³-hybridized carbons (Fsp3) is 0.188. The summed E-state index contributed by atoms with van der Waals surface area (Å²) in [6, 6.07) is 13.1. The lowest BCUT2D eigenvalue weighted by atomic mass is 10.0. The number of carbonyl (C=O) groups is 1. The van der Waals surface area contributed by atoms with Crippen LogP contribution in [0.3, 0.4) is 0 Å². The second-order valence-corrected chi connectivity index (χ2v) is 4.80. The summed E-state index contributed by atoms with van der Waals surface area (Å²) in [5.41, 5.74) is 1.95. The molecule has 0 spiro atoms. The van der Waals surface area contributed by atoms with Crippen molar-refractivity contribution in [3.63, 3.8) is 0 Å². The van der Waals surface area contributed by atoms with E-state index < -0.39 is 16.8 Å². The zero-order valence-corrected chi connectivity index (χ0v) is 11.8. The first-order chi connectivity index (χ1) is 9.97. The van der Waals surface area contributed by atoms with Gasteiger partial charge in [-0.05, 0) is 31.5 Å². The maximum atomic E-state index is 12.1. The number of benzene rings is 2. The number of nitro groups is 1. The van der Waals surface area contributed by atoms with Crippen molar-refractivity contribution in [1.29, 1.82) is 0 Å². The number of nitro benzene ring substituents is 1. The second-order valence-electron chi connectivity index (χ2n) is 4.80. The third kappa shape index (κ3) is 3.66. The molecule has 108 valence electrons. The molecule has 0 bridgehead atoms. The van der Waals surface area contributed by atoms with Crippen molar-refractivity contribution in [2.75, 3.05) is 0 Å². The van der Waals surface area contributed by atoms with E-state index in [1.165, 1.54) is 24.3 Å². The first kappa shape index (κ1) is 14.7. The highest BCUT2D eigenvalue weighted by molar-refractivity contribution is 5.79. The van der Waals surface area contributed by atoms with E-state index in [1.54, 1.807) is 6.92 Å². The van der Waals surface area contributed by atoms with E-state index in [0.29, 0.717) is 5.75 Å². The van der Waals surface area contributed by atoms with Crippen LogP contribution in [0.25, 0.3) is 0 Å². The largest absolute Gasteiger partial charge is 0.426 e. The number of esters is 1. The van der Waals surface area contributed by atoms with Gasteiger partial charge in [-0.1, -0.05) is 29.8 Å². The van der Waals surface area contributed by atoms with Crippen molar-refractivity contribution in [3.05, 3.63) is 69.8 Å². The maximum absolute atomic E-state index is 12.1. The molecular weight excluding hydrogens is 270 g/mol. The van der Waals surface area contributed by atoms with Gasteiger partial charge in [0.1, 0.15) is 5.75 Å². The molecule has 5 heteroatoms. The van der Waals surface area contributed by atoms with Crippen LogP contribution in [0.2, 0.25) is 0 Å². The predicted molar refractivity (Wildman–Crippen MR) is 78.3 cm³/mol. The Morgan fingerprint density at radius 2 is 1.67 bits per heavy atom. The van der Waals surface area contributed by atoms with E-state index in [2.05, 4.69) is 0 Å². The van der Waals surface area contributed by atoms with Crippen molar-refractivity contribution >= 4 is 11.7 Å². The van der Waals surface area contributed by atoms with E-state index in [4.69, 9.17) is 4.74 Å². The van der Waals surface area contributed by atoms with Crippen molar-refractivity contribution in [2.45, 2.75) is 19.8 Å².